The van der Waals surface area contributed by atoms with Crippen molar-refractivity contribution in [1.29, 1.82) is 0 Å². The Bertz CT molecular complexity index is 863. The Kier molecular flexibility index (Phi) is 9.34. The number of hydrogen-bond donors (Lipinski definition) is 2. The van der Waals surface area contributed by atoms with Gasteiger partial charge in [-0.15, -0.1) is 0 Å². The number of guanidine groups is 1. The zero-order valence-corrected chi connectivity index (χ0v) is 19.5. The monoisotopic (exact) mass is 425 g/mol. The van der Waals surface area contributed by atoms with E-state index >= 15 is 0 Å². The fourth-order valence-corrected chi connectivity index (χ4v) is 3.16. The second-order valence-electron chi connectivity index (χ2n) is 7.73. The van der Waals surface area contributed by atoms with E-state index in [2.05, 4.69) is 41.8 Å². The van der Waals surface area contributed by atoms with Gasteiger partial charge in [0.1, 0.15) is 5.75 Å². The lowest BCUT2D eigenvalue weighted by atomic mass is 10.1. The number of aliphatic imine (C=N–C) groups is 1. The van der Waals surface area contributed by atoms with Gasteiger partial charge in [0.15, 0.2) is 5.96 Å². The minimum atomic E-state index is -0.00248. The highest BCUT2D eigenvalue weighted by Crippen LogP contribution is 2.22. The number of likely N-dealkylation sites (N-methyl/N-ethyl adjacent to an activating group) is 1. The summed E-state index contributed by atoms with van der Waals surface area (Å²) < 4.78 is 5.37. The number of nitrogens with zero attached hydrogens (tertiary/aromatic N) is 3. The molecule has 0 bridgehead atoms. The number of rotatable bonds is 9. The van der Waals surface area contributed by atoms with Crippen molar-refractivity contribution in [1.82, 2.24) is 20.4 Å². The first-order valence-corrected chi connectivity index (χ1v) is 10.5. The molecule has 7 nitrogen and oxygen atoms in total. The number of carbonyl (C=O) groups is 1. The molecule has 0 spiro atoms. The number of nitrogens with one attached hydrogen (secondary N) is 2. The summed E-state index contributed by atoms with van der Waals surface area (Å²) in [6, 6.07) is 15.9. The van der Waals surface area contributed by atoms with Crippen LogP contribution in [0.25, 0.3) is 0 Å². The van der Waals surface area contributed by atoms with Crippen molar-refractivity contribution >= 4 is 11.9 Å². The molecule has 0 radical (unpaired) electrons. The van der Waals surface area contributed by atoms with E-state index in [-0.39, 0.29) is 11.9 Å². The third kappa shape index (κ3) is 7.29. The highest BCUT2D eigenvalue weighted by atomic mass is 16.5. The molecule has 0 heterocycles. The van der Waals surface area contributed by atoms with Gasteiger partial charge in [0.05, 0.1) is 19.7 Å². The van der Waals surface area contributed by atoms with E-state index < -0.39 is 0 Å². The van der Waals surface area contributed by atoms with Crippen molar-refractivity contribution in [3.05, 3.63) is 65.2 Å². The van der Waals surface area contributed by atoms with E-state index in [4.69, 9.17) is 9.73 Å². The van der Waals surface area contributed by atoms with E-state index in [9.17, 15) is 4.79 Å². The minimum absolute atomic E-state index is 0.00248. The van der Waals surface area contributed by atoms with E-state index in [1.165, 1.54) is 5.56 Å². The molecule has 0 aliphatic carbocycles. The highest BCUT2D eigenvalue weighted by molar-refractivity contribution is 5.93. The molecular formula is C24H35N5O2. The SMILES string of the molecule is CCNC(=NCc1ccc(C(=O)N(C)C)cc1)NCC(c1cccc(OC)c1)N(C)C. The van der Waals surface area contributed by atoms with Crippen LogP contribution in [-0.2, 0) is 6.54 Å². The topological polar surface area (TPSA) is 69.2 Å². The van der Waals surface area contributed by atoms with E-state index in [0.717, 1.165) is 23.8 Å². The van der Waals surface area contributed by atoms with Gasteiger partial charge in [-0.3, -0.25) is 4.79 Å². The predicted octanol–water partition coefficient (Wildman–Crippen LogP) is 2.76. The van der Waals surface area contributed by atoms with Crippen LogP contribution in [0.3, 0.4) is 0 Å². The molecule has 0 saturated heterocycles. The van der Waals surface area contributed by atoms with Crippen LogP contribution in [-0.4, -0.2) is 70.1 Å². The molecule has 1 atom stereocenters. The Morgan fingerprint density at radius 2 is 1.77 bits per heavy atom. The smallest absolute Gasteiger partial charge is 0.253 e. The summed E-state index contributed by atoms with van der Waals surface area (Å²) in [6.45, 7) is 4.04. The maximum absolute atomic E-state index is 12.0. The lowest BCUT2D eigenvalue weighted by molar-refractivity contribution is 0.0827. The standard InChI is InChI=1S/C24H35N5O2/c1-7-25-24(26-16-18-11-13-19(14-12-18)23(30)29(4)5)27-17-22(28(2)3)20-9-8-10-21(15-20)31-6/h8-15,22H,7,16-17H2,1-6H3,(H2,25,26,27). The Hall–Kier alpha value is -3.06. The Labute approximate surface area is 186 Å². The first kappa shape index (κ1) is 24.2. The lowest BCUT2D eigenvalue weighted by Crippen LogP contribution is -2.41. The van der Waals surface area contributed by atoms with E-state index in [1.54, 1.807) is 26.1 Å². The lowest BCUT2D eigenvalue weighted by Gasteiger charge is -2.26. The van der Waals surface area contributed by atoms with Crippen LogP contribution in [0.4, 0.5) is 0 Å². The number of benzene rings is 2. The van der Waals surface area contributed by atoms with Gasteiger partial charge in [0, 0.05) is 32.7 Å². The molecule has 2 aromatic carbocycles. The van der Waals surface area contributed by atoms with Crippen LogP contribution in [0, 0.1) is 0 Å². The molecule has 1 amide bonds. The van der Waals surface area contributed by atoms with Gasteiger partial charge in [-0.2, -0.15) is 0 Å². The molecular weight excluding hydrogens is 390 g/mol. The fraction of sp³-hybridized carbons (Fsp3) is 0.417. The van der Waals surface area contributed by atoms with Crippen molar-refractivity contribution < 1.29 is 9.53 Å². The molecule has 2 N–H and O–H groups in total. The number of amides is 1. The summed E-state index contributed by atoms with van der Waals surface area (Å²) >= 11 is 0. The van der Waals surface area contributed by atoms with E-state index in [0.29, 0.717) is 18.7 Å². The Balaban J connectivity index is 2.06. The molecule has 0 aliphatic rings. The number of ether oxygens (including phenoxy) is 1. The van der Waals surface area contributed by atoms with Crippen molar-refractivity contribution in [3.8, 4) is 5.75 Å². The molecule has 2 rings (SSSR count). The number of methoxy groups -OCH3 is 1. The highest BCUT2D eigenvalue weighted by Gasteiger charge is 2.15. The molecule has 31 heavy (non-hydrogen) atoms. The zero-order chi connectivity index (χ0) is 22.8. The summed E-state index contributed by atoms with van der Waals surface area (Å²) in [5.41, 5.74) is 2.90. The van der Waals surface area contributed by atoms with E-state index in [1.807, 2.05) is 43.3 Å². The molecule has 0 aromatic heterocycles. The minimum Gasteiger partial charge on any atom is -0.497 e. The normalized spacial score (nSPS) is 12.4. The Morgan fingerprint density at radius 3 is 2.35 bits per heavy atom. The summed E-state index contributed by atoms with van der Waals surface area (Å²) in [6.07, 6.45) is 0. The quantitative estimate of drug-likeness (QED) is 0.478. The van der Waals surface area contributed by atoms with Crippen molar-refractivity contribution in [2.24, 2.45) is 4.99 Å². The summed E-state index contributed by atoms with van der Waals surface area (Å²) in [7, 11) is 9.31. The van der Waals surface area contributed by atoms with Gasteiger partial charge in [-0.05, 0) is 56.4 Å². The van der Waals surface area contributed by atoms with Gasteiger partial charge in [0.2, 0.25) is 0 Å². The summed E-state index contributed by atoms with van der Waals surface area (Å²) in [5, 5.41) is 6.75. The zero-order valence-electron chi connectivity index (χ0n) is 19.5. The van der Waals surface area contributed by atoms with Gasteiger partial charge in [0.25, 0.3) is 5.91 Å². The molecule has 0 fully saturated rings. The average molecular weight is 426 g/mol. The molecule has 168 valence electrons. The summed E-state index contributed by atoms with van der Waals surface area (Å²) in [5.74, 6) is 1.60. The van der Waals surface area contributed by atoms with Gasteiger partial charge < -0.3 is 25.2 Å². The van der Waals surface area contributed by atoms with Gasteiger partial charge >= 0.3 is 0 Å². The average Bonchev–Trinajstić information content (AvgIpc) is 2.77. The van der Waals surface area contributed by atoms with Crippen molar-refractivity contribution in [2.75, 3.05) is 48.4 Å². The molecule has 1 unspecified atom stereocenters. The molecule has 7 heteroatoms. The summed E-state index contributed by atoms with van der Waals surface area (Å²) in [4.78, 5) is 20.5. The predicted molar refractivity (Wildman–Crippen MR) is 127 cm³/mol. The third-order valence-corrected chi connectivity index (χ3v) is 4.94. The van der Waals surface area contributed by atoms with Crippen LogP contribution in [0.1, 0.15) is 34.5 Å². The van der Waals surface area contributed by atoms with Crippen LogP contribution < -0.4 is 15.4 Å². The second kappa shape index (κ2) is 12.0. The fourth-order valence-electron chi connectivity index (χ4n) is 3.16. The van der Waals surface area contributed by atoms with Crippen LogP contribution in [0.15, 0.2) is 53.5 Å². The largest absolute Gasteiger partial charge is 0.497 e. The van der Waals surface area contributed by atoms with Crippen LogP contribution in [0.5, 0.6) is 5.75 Å². The molecule has 2 aromatic rings. The van der Waals surface area contributed by atoms with Crippen LogP contribution in [0.2, 0.25) is 0 Å². The second-order valence-corrected chi connectivity index (χ2v) is 7.73. The molecule has 0 saturated carbocycles. The maximum atomic E-state index is 12.0. The number of hydrogen-bond acceptors (Lipinski definition) is 4. The van der Waals surface area contributed by atoms with Crippen molar-refractivity contribution in [3.63, 3.8) is 0 Å². The Morgan fingerprint density at radius 1 is 1.06 bits per heavy atom. The maximum Gasteiger partial charge on any atom is 0.253 e. The third-order valence-electron chi connectivity index (χ3n) is 4.94. The first-order valence-electron chi connectivity index (χ1n) is 10.5. The van der Waals surface area contributed by atoms with Crippen molar-refractivity contribution in [2.45, 2.75) is 19.5 Å². The molecule has 0 aliphatic heterocycles. The van der Waals surface area contributed by atoms with Crippen LogP contribution >= 0.6 is 0 Å². The first-order chi connectivity index (χ1) is 14.8. The number of carbonyl (C=O) groups excluding carboxylic acids is 1. The van der Waals surface area contributed by atoms with Gasteiger partial charge in [-0.1, -0.05) is 24.3 Å². The van der Waals surface area contributed by atoms with Gasteiger partial charge in [-0.25, -0.2) is 4.99 Å².